The van der Waals surface area contributed by atoms with Crippen molar-refractivity contribution >= 4 is 25.7 Å². The van der Waals surface area contributed by atoms with Crippen molar-refractivity contribution < 1.29 is 47.5 Å². The Balaban J connectivity index is 4.38. The summed E-state index contributed by atoms with van der Waals surface area (Å²) in [5, 5.41) is 8.88. The quantitative estimate of drug-likeness (QED) is 0.0233. The fourth-order valence-corrected chi connectivity index (χ4v) is 6.72. The Morgan fingerprint density at radius 1 is 0.611 bits per heavy atom. The van der Waals surface area contributed by atoms with E-state index in [4.69, 9.17) is 24.8 Å². The van der Waals surface area contributed by atoms with Crippen LogP contribution in [0.1, 0.15) is 193 Å². The molecule has 4 N–H and O–H groups in total. The Morgan fingerprint density at radius 2 is 1.06 bits per heavy atom. The lowest BCUT2D eigenvalue weighted by Gasteiger charge is -2.20. The van der Waals surface area contributed by atoms with Gasteiger partial charge >= 0.3 is 25.7 Å². The molecule has 1 unspecified atom stereocenters. The van der Waals surface area contributed by atoms with Gasteiger partial charge in [-0.05, 0) is 38.5 Å². The predicted octanol–water partition coefficient (Wildman–Crippen LogP) is 11.1. The maximum atomic E-state index is 12.6. The highest BCUT2D eigenvalue weighted by Crippen LogP contribution is 2.43. The molecule has 0 aromatic carbocycles. The number of carbonyl (C=O) groups is 3. The molecule has 0 aromatic rings. The SMILES string of the molecule is C=CCCCCCCCCCCCCCCCC(=O)OC[C@H](COP(=O)(O)OC[C@H](N)C(=O)O)OC(=O)CC/C=C/CCCCCCCCCCCCC. The Morgan fingerprint density at radius 3 is 1.56 bits per heavy atom. The Kier molecular flexibility index (Phi) is 36.4. The molecule has 0 aliphatic carbocycles. The Hall–Kier alpha value is -2.04. The normalized spacial score (nSPS) is 13.8. The molecular formula is C42H78NO10P. The number of carbonyl (C=O) groups excluding carboxylic acids is 2. The third kappa shape index (κ3) is 36.9. The topological polar surface area (TPSA) is 172 Å². The number of rotatable bonds is 41. The number of phosphoric acid groups is 1. The molecule has 0 saturated heterocycles. The van der Waals surface area contributed by atoms with E-state index >= 15 is 0 Å². The fraction of sp³-hybridized carbons (Fsp3) is 0.833. The molecule has 0 bridgehead atoms. The second-order valence-corrected chi connectivity index (χ2v) is 16.0. The van der Waals surface area contributed by atoms with Crippen LogP contribution in [0.4, 0.5) is 0 Å². The summed E-state index contributed by atoms with van der Waals surface area (Å²) in [5.74, 6) is -2.44. The van der Waals surface area contributed by atoms with Crippen molar-refractivity contribution in [2.24, 2.45) is 5.73 Å². The minimum absolute atomic E-state index is 0.0797. The van der Waals surface area contributed by atoms with Gasteiger partial charge in [0.05, 0.1) is 13.2 Å². The highest BCUT2D eigenvalue weighted by Gasteiger charge is 2.28. The monoisotopic (exact) mass is 788 g/mol. The number of esters is 2. The van der Waals surface area contributed by atoms with Gasteiger partial charge in [-0.1, -0.05) is 160 Å². The van der Waals surface area contributed by atoms with Gasteiger partial charge in [0, 0.05) is 12.8 Å². The van der Waals surface area contributed by atoms with E-state index < -0.39 is 51.1 Å². The minimum atomic E-state index is -4.72. The first-order valence-corrected chi connectivity index (χ1v) is 22.8. The summed E-state index contributed by atoms with van der Waals surface area (Å²) < 4.78 is 32.6. The van der Waals surface area contributed by atoms with E-state index in [9.17, 15) is 23.8 Å². The molecule has 3 atom stereocenters. The zero-order valence-corrected chi connectivity index (χ0v) is 34.8. The standard InChI is InChI=1S/C42H78NO10P/c1-3-5-7-9-11-13-15-17-19-21-23-25-27-29-31-33-40(44)50-35-38(36-51-54(48,49)52-37-39(43)42(46)47)53-41(45)34-32-30-28-26-24-22-20-18-16-14-12-10-8-6-4-2/h3,28,30,38-39H,1,4-27,29,31-37,43H2,2H3,(H,46,47)(H,48,49)/b30-28+/t38-,39+/m1/s1. The molecule has 0 spiro atoms. The molecule has 0 aromatic heterocycles. The number of aliphatic carboxylic acids is 1. The van der Waals surface area contributed by atoms with Crippen molar-refractivity contribution in [3.05, 3.63) is 24.8 Å². The van der Waals surface area contributed by atoms with Crippen molar-refractivity contribution in [1.82, 2.24) is 0 Å². The average Bonchev–Trinajstić information content (AvgIpc) is 3.14. The van der Waals surface area contributed by atoms with E-state index in [1.165, 1.54) is 122 Å². The van der Waals surface area contributed by atoms with Crippen molar-refractivity contribution in [3.8, 4) is 0 Å². The van der Waals surface area contributed by atoms with Gasteiger partial charge in [-0.3, -0.25) is 23.4 Å². The molecular weight excluding hydrogens is 709 g/mol. The second kappa shape index (κ2) is 37.9. The molecule has 0 saturated carbocycles. The number of phosphoric ester groups is 1. The molecule has 54 heavy (non-hydrogen) atoms. The summed E-state index contributed by atoms with van der Waals surface area (Å²) in [6.45, 7) is 4.29. The Labute approximate surface area is 328 Å². The number of allylic oxidation sites excluding steroid dienone is 3. The van der Waals surface area contributed by atoms with E-state index in [-0.39, 0.29) is 19.4 Å². The number of hydrogen-bond acceptors (Lipinski definition) is 9. The van der Waals surface area contributed by atoms with Crippen LogP contribution in [0.2, 0.25) is 0 Å². The van der Waals surface area contributed by atoms with Crippen LogP contribution in [0.25, 0.3) is 0 Å². The van der Waals surface area contributed by atoms with Gasteiger partial charge in [-0.2, -0.15) is 0 Å². The van der Waals surface area contributed by atoms with Gasteiger partial charge in [-0.15, -0.1) is 6.58 Å². The number of carboxylic acid groups (broad SMARTS) is 1. The van der Waals surface area contributed by atoms with Crippen LogP contribution in [0, 0.1) is 0 Å². The van der Waals surface area contributed by atoms with Crippen LogP contribution in [-0.2, 0) is 37.5 Å². The van der Waals surface area contributed by atoms with Gasteiger partial charge in [0.1, 0.15) is 12.6 Å². The van der Waals surface area contributed by atoms with E-state index in [1.807, 2.05) is 12.2 Å². The van der Waals surface area contributed by atoms with Crippen molar-refractivity contribution in [2.75, 3.05) is 19.8 Å². The van der Waals surface area contributed by atoms with Gasteiger partial charge in [0.2, 0.25) is 0 Å². The van der Waals surface area contributed by atoms with Gasteiger partial charge in [-0.25, -0.2) is 4.57 Å². The lowest BCUT2D eigenvalue weighted by Crippen LogP contribution is -2.34. The number of nitrogens with two attached hydrogens (primary N) is 1. The molecule has 0 radical (unpaired) electrons. The summed E-state index contributed by atoms with van der Waals surface area (Å²) in [6.07, 6.45) is 37.2. The maximum absolute atomic E-state index is 12.6. The molecule has 11 nitrogen and oxygen atoms in total. The van der Waals surface area contributed by atoms with Crippen LogP contribution in [-0.4, -0.2) is 59.9 Å². The maximum Gasteiger partial charge on any atom is 0.472 e. The highest BCUT2D eigenvalue weighted by atomic mass is 31.2. The van der Waals surface area contributed by atoms with Crippen LogP contribution < -0.4 is 5.73 Å². The molecule has 0 rings (SSSR count). The van der Waals surface area contributed by atoms with Gasteiger partial charge in [0.15, 0.2) is 6.10 Å². The molecule has 12 heteroatoms. The first kappa shape index (κ1) is 52.0. The lowest BCUT2D eigenvalue weighted by atomic mass is 10.0. The largest absolute Gasteiger partial charge is 0.480 e. The number of carboxylic acids is 1. The Bertz CT molecular complexity index is 1010. The number of unbranched alkanes of at least 4 members (excludes halogenated alkanes) is 24. The molecule has 0 fully saturated rings. The molecule has 0 amide bonds. The third-order valence-corrected chi connectivity index (χ3v) is 10.3. The highest BCUT2D eigenvalue weighted by molar-refractivity contribution is 7.47. The zero-order chi connectivity index (χ0) is 40.0. The average molecular weight is 788 g/mol. The minimum Gasteiger partial charge on any atom is -0.480 e. The van der Waals surface area contributed by atoms with E-state index in [0.29, 0.717) is 12.8 Å². The molecule has 0 aliphatic heterocycles. The molecule has 0 heterocycles. The first-order valence-electron chi connectivity index (χ1n) is 21.3. The van der Waals surface area contributed by atoms with E-state index in [1.54, 1.807) is 0 Å². The predicted molar refractivity (Wildman–Crippen MR) is 217 cm³/mol. The van der Waals surface area contributed by atoms with Crippen LogP contribution in [0.15, 0.2) is 24.8 Å². The third-order valence-electron chi connectivity index (χ3n) is 9.33. The second-order valence-electron chi connectivity index (χ2n) is 14.6. The lowest BCUT2D eigenvalue weighted by molar-refractivity contribution is -0.161. The number of hydrogen-bond donors (Lipinski definition) is 3. The van der Waals surface area contributed by atoms with E-state index in [0.717, 1.165) is 38.5 Å². The van der Waals surface area contributed by atoms with Crippen LogP contribution in [0.5, 0.6) is 0 Å². The summed E-state index contributed by atoms with van der Waals surface area (Å²) in [5.41, 5.74) is 5.32. The van der Waals surface area contributed by atoms with Crippen molar-refractivity contribution in [1.29, 1.82) is 0 Å². The van der Waals surface area contributed by atoms with Crippen molar-refractivity contribution in [3.63, 3.8) is 0 Å². The molecule has 316 valence electrons. The van der Waals surface area contributed by atoms with Crippen LogP contribution in [0.3, 0.4) is 0 Å². The van der Waals surface area contributed by atoms with Crippen LogP contribution >= 0.6 is 7.82 Å². The summed E-state index contributed by atoms with van der Waals surface area (Å²) in [7, 11) is -4.72. The van der Waals surface area contributed by atoms with Gasteiger partial charge in [0.25, 0.3) is 0 Å². The fourth-order valence-electron chi connectivity index (χ4n) is 5.95. The summed E-state index contributed by atoms with van der Waals surface area (Å²) in [6, 6.07) is -1.52. The smallest absolute Gasteiger partial charge is 0.472 e. The first-order chi connectivity index (χ1) is 26.1. The van der Waals surface area contributed by atoms with Crippen molar-refractivity contribution in [2.45, 2.75) is 205 Å². The summed E-state index contributed by atoms with van der Waals surface area (Å²) in [4.78, 5) is 45.9. The van der Waals surface area contributed by atoms with E-state index in [2.05, 4.69) is 24.1 Å². The molecule has 0 aliphatic rings. The number of ether oxygens (including phenoxy) is 2. The summed E-state index contributed by atoms with van der Waals surface area (Å²) >= 11 is 0. The zero-order valence-electron chi connectivity index (χ0n) is 33.9. The van der Waals surface area contributed by atoms with Gasteiger partial charge < -0.3 is 25.2 Å².